The molecule has 0 saturated carbocycles. The van der Waals surface area contributed by atoms with E-state index in [1.165, 1.54) is 27.8 Å². The minimum atomic E-state index is -3.60. The topological polar surface area (TPSA) is 79.4 Å². The number of hydrogen-bond donors (Lipinski definition) is 1. The Balaban J connectivity index is 1.64. The molecule has 0 bridgehead atoms. The summed E-state index contributed by atoms with van der Waals surface area (Å²) in [4.78, 5) is 17.5. The number of hydrogen-bond acceptors (Lipinski definition) is 5. The van der Waals surface area contributed by atoms with Crippen LogP contribution in [-0.4, -0.2) is 36.7 Å². The Kier molecular flexibility index (Phi) is 5.50. The number of benzene rings is 2. The van der Waals surface area contributed by atoms with Crippen LogP contribution in [0.3, 0.4) is 0 Å². The average molecular weight is 494 g/mol. The molecule has 1 fully saturated rings. The van der Waals surface area contributed by atoms with Crippen molar-refractivity contribution in [2.45, 2.75) is 31.6 Å². The van der Waals surface area contributed by atoms with Crippen molar-refractivity contribution in [3.63, 3.8) is 0 Å². The Labute approximate surface area is 182 Å². The first kappa shape index (κ1) is 20.5. The van der Waals surface area contributed by atoms with E-state index in [4.69, 9.17) is 0 Å². The van der Waals surface area contributed by atoms with E-state index in [0.717, 1.165) is 34.2 Å². The zero-order chi connectivity index (χ0) is 20.8. The molecule has 4 rings (SSSR count). The Morgan fingerprint density at radius 1 is 1.17 bits per heavy atom. The number of amides is 1. The van der Waals surface area contributed by atoms with Crippen LogP contribution in [0.25, 0.3) is 10.2 Å². The lowest BCUT2D eigenvalue weighted by atomic mass is 10.1. The maximum atomic E-state index is 12.9. The number of fused-ring (bicyclic) bond motifs is 1. The second-order valence-corrected chi connectivity index (χ2v) is 11.0. The summed E-state index contributed by atoms with van der Waals surface area (Å²) >= 11 is 4.76. The van der Waals surface area contributed by atoms with Gasteiger partial charge in [-0.3, -0.25) is 10.1 Å². The molecule has 0 atom stereocenters. The zero-order valence-electron chi connectivity index (χ0n) is 16.0. The van der Waals surface area contributed by atoms with Crippen molar-refractivity contribution in [3.05, 3.63) is 51.5 Å². The quantitative estimate of drug-likeness (QED) is 0.570. The van der Waals surface area contributed by atoms with Gasteiger partial charge in [0, 0.05) is 17.6 Å². The summed E-state index contributed by atoms with van der Waals surface area (Å²) < 4.78 is 28.7. The fourth-order valence-electron chi connectivity index (χ4n) is 3.50. The van der Waals surface area contributed by atoms with Gasteiger partial charge in [-0.1, -0.05) is 17.4 Å². The van der Waals surface area contributed by atoms with Crippen molar-refractivity contribution in [2.24, 2.45) is 0 Å². The third kappa shape index (κ3) is 3.96. The van der Waals surface area contributed by atoms with Crippen molar-refractivity contribution in [1.82, 2.24) is 9.29 Å². The summed E-state index contributed by atoms with van der Waals surface area (Å²) in [5.41, 5.74) is 3.31. The van der Waals surface area contributed by atoms with Gasteiger partial charge in [0.05, 0.1) is 20.7 Å². The summed E-state index contributed by atoms with van der Waals surface area (Å²) in [5, 5.41) is 3.30. The highest BCUT2D eigenvalue weighted by molar-refractivity contribution is 9.10. The molecule has 1 aliphatic heterocycles. The predicted molar refractivity (Wildman–Crippen MR) is 119 cm³/mol. The van der Waals surface area contributed by atoms with Gasteiger partial charge in [-0.05, 0) is 78.0 Å². The second-order valence-electron chi connectivity index (χ2n) is 7.15. The van der Waals surface area contributed by atoms with Crippen molar-refractivity contribution in [2.75, 3.05) is 18.4 Å². The Hall–Kier alpha value is -1.81. The summed E-state index contributed by atoms with van der Waals surface area (Å²) in [6, 6.07) is 8.64. The van der Waals surface area contributed by atoms with Gasteiger partial charge in [-0.2, -0.15) is 4.31 Å². The molecule has 29 heavy (non-hydrogen) atoms. The van der Waals surface area contributed by atoms with E-state index in [0.29, 0.717) is 22.7 Å². The Morgan fingerprint density at radius 2 is 1.90 bits per heavy atom. The van der Waals surface area contributed by atoms with E-state index in [9.17, 15) is 13.2 Å². The van der Waals surface area contributed by atoms with Gasteiger partial charge < -0.3 is 0 Å². The van der Waals surface area contributed by atoms with Crippen LogP contribution >= 0.6 is 27.3 Å². The van der Waals surface area contributed by atoms with Crippen LogP contribution in [0.5, 0.6) is 0 Å². The van der Waals surface area contributed by atoms with E-state index in [1.807, 2.05) is 19.9 Å². The van der Waals surface area contributed by atoms with Gasteiger partial charge in [0.2, 0.25) is 10.0 Å². The van der Waals surface area contributed by atoms with Crippen molar-refractivity contribution < 1.29 is 13.2 Å². The SMILES string of the molecule is Cc1cc(C)c2nc(NC(=O)c3cc(S(=O)(=O)N4CCCC4)ccc3Br)sc2c1. The highest BCUT2D eigenvalue weighted by Crippen LogP contribution is 2.31. The monoisotopic (exact) mass is 493 g/mol. The minimum absolute atomic E-state index is 0.128. The number of aryl methyl sites for hydroxylation is 2. The molecule has 1 amide bonds. The molecule has 2 heterocycles. The van der Waals surface area contributed by atoms with Crippen LogP contribution in [-0.2, 0) is 10.0 Å². The molecule has 2 aromatic carbocycles. The van der Waals surface area contributed by atoms with Gasteiger partial charge >= 0.3 is 0 Å². The lowest BCUT2D eigenvalue weighted by Gasteiger charge is -2.16. The smallest absolute Gasteiger partial charge is 0.258 e. The van der Waals surface area contributed by atoms with Crippen LogP contribution in [0, 0.1) is 13.8 Å². The summed E-state index contributed by atoms with van der Waals surface area (Å²) in [7, 11) is -3.60. The number of nitrogens with zero attached hydrogens (tertiary/aromatic N) is 2. The van der Waals surface area contributed by atoms with E-state index in [-0.39, 0.29) is 10.5 Å². The van der Waals surface area contributed by atoms with E-state index in [2.05, 4.69) is 32.3 Å². The lowest BCUT2D eigenvalue weighted by Crippen LogP contribution is -2.28. The standard InChI is InChI=1S/C20H20BrN3O3S2/c1-12-9-13(2)18-17(10-12)28-20(22-18)23-19(25)15-11-14(5-6-16(15)21)29(26,27)24-7-3-4-8-24/h5-6,9-11H,3-4,7-8H2,1-2H3,(H,22,23,25). The average Bonchev–Trinajstić information content (AvgIpc) is 3.32. The molecular formula is C20H20BrN3O3S2. The molecule has 9 heteroatoms. The van der Waals surface area contributed by atoms with Crippen LogP contribution in [0.2, 0.25) is 0 Å². The maximum absolute atomic E-state index is 12.9. The van der Waals surface area contributed by atoms with Crippen molar-refractivity contribution in [3.8, 4) is 0 Å². The van der Waals surface area contributed by atoms with Crippen molar-refractivity contribution >= 4 is 58.5 Å². The number of carbonyl (C=O) groups excluding carboxylic acids is 1. The van der Waals surface area contributed by atoms with Gasteiger partial charge in [0.25, 0.3) is 5.91 Å². The number of anilines is 1. The van der Waals surface area contributed by atoms with E-state index < -0.39 is 15.9 Å². The molecule has 0 radical (unpaired) electrons. The molecule has 0 unspecified atom stereocenters. The Morgan fingerprint density at radius 3 is 2.62 bits per heavy atom. The fraction of sp³-hybridized carbons (Fsp3) is 0.300. The van der Waals surface area contributed by atoms with E-state index in [1.54, 1.807) is 6.07 Å². The molecule has 3 aromatic rings. The van der Waals surface area contributed by atoms with Gasteiger partial charge in [-0.15, -0.1) is 0 Å². The van der Waals surface area contributed by atoms with Crippen LogP contribution in [0.15, 0.2) is 39.7 Å². The highest BCUT2D eigenvalue weighted by atomic mass is 79.9. The third-order valence-electron chi connectivity index (χ3n) is 4.94. The number of nitrogens with one attached hydrogen (secondary N) is 1. The summed E-state index contributed by atoms with van der Waals surface area (Å²) in [5.74, 6) is -0.399. The first-order chi connectivity index (χ1) is 13.8. The number of aromatic nitrogens is 1. The molecule has 1 aromatic heterocycles. The molecule has 0 aliphatic carbocycles. The van der Waals surface area contributed by atoms with Gasteiger partial charge in [-0.25, -0.2) is 13.4 Å². The maximum Gasteiger partial charge on any atom is 0.258 e. The minimum Gasteiger partial charge on any atom is -0.298 e. The van der Waals surface area contributed by atoms with E-state index >= 15 is 0 Å². The molecule has 1 aliphatic rings. The molecular weight excluding hydrogens is 474 g/mol. The van der Waals surface area contributed by atoms with Crippen LogP contribution in [0.1, 0.15) is 34.3 Å². The highest BCUT2D eigenvalue weighted by Gasteiger charge is 2.28. The second kappa shape index (κ2) is 7.79. The van der Waals surface area contributed by atoms with Gasteiger partial charge in [0.1, 0.15) is 0 Å². The Bertz CT molecular complexity index is 1220. The van der Waals surface area contributed by atoms with Crippen molar-refractivity contribution in [1.29, 1.82) is 0 Å². The number of halogens is 1. The number of carbonyl (C=O) groups is 1. The normalized spacial score (nSPS) is 15.1. The molecule has 6 nitrogen and oxygen atoms in total. The zero-order valence-corrected chi connectivity index (χ0v) is 19.2. The van der Waals surface area contributed by atoms with Gasteiger partial charge in [0.15, 0.2) is 5.13 Å². The van der Waals surface area contributed by atoms with Crippen LogP contribution in [0.4, 0.5) is 5.13 Å². The predicted octanol–water partition coefficient (Wildman–Crippen LogP) is 4.71. The number of sulfonamides is 1. The third-order valence-corrected chi connectivity index (χ3v) is 8.44. The summed E-state index contributed by atoms with van der Waals surface area (Å²) in [6.45, 7) is 5.05. The molecule has 0 spiro atoms. The van der Waals surface area contributed by atoms with Crippen LogP contribution < -0.4 is 5.32 Å². The first-order valence-corrected chi connectivity index (χ1v) is 12.3. The molecule has 1 saturated heterocycles. The first-order valence-electron chi connectivity index (χ1n) is 9.24. The fourth-order valence-corrected chi connectivity index (χ4v) is 6.51. The largest absolute Gasteiger partial charge is 0.298 e. The lowest BCUT2D eigenvalue weighted by molar-refractivity contribution is 0.102. The number of thiazole rings is 1. The molecule has 1 N–H and O–H groups in total. The summed E-state index contributed by atoms with van der Waals surface area (Å²) in [6.07, 6.45) is 1.72. The molecule has 152 valence electrons. The number of rotatable bonds is 4.